The highest BCUT2D eigenvalue weighted by Gasteiger charge is 2.20. The van der Waals surface area contributed by atoms with Gasteiger partial charge < -0.3 is 20.4 Å². The zero-order valence-corrected chi connectivity index (χ0v) is 16.3. The number of benzene rings is 1. The Morgan fingerprint density at radius 1 is 0.889 bits per heavy atom. The molecule has 27 heavy (non-hydrogen) atoms. The van der Waals surface area contributed by atoms with Crippen molar-refractivity contribution in [2.45, 2.75) is 32.2 Å². The van der Waals surface area contributed by atoms with E-state index in [-0.39, 0.29) is 0 Å². The number of hydrogen-bond donors (Lipinski definition) is 2. The lowest BCUT2D eigenvalue weighted by Gasteiger charge is -2.22. The van der Waals surface area contributed by atoms with E-state index in [1.807, 2.05) is 18.2 Å². The van der Waals surface area contributed by atoms with Crippen molar-refractivity contribution >= 4 is 34.9 Å². The largest absolute Gasteiger partial charge is 0.358 e. The highest BCUT2D eigenvalue weighted by Crippen LogP contribution is 2.26. The second-order valence-electron chi connectivity index (χ2n) is 7.09. The Hall–Kier alpha value is -2.41. The molecule has 1 aromatic heterocycles. The molecule has 0 saturated carbocycles. The molecule has 0 bridgehead atoms. The van der Waals surface area contributed by atoms with Gasteiger partial charge >= 0.3 is 0 Å². The second-order valence-corrected chi connectivity index (χ2v) is 7.50. The maximum atomic E-state index is 5.46. The number of hydrogen-bond acceptors (Lipinski definition) is 5. The Balaban J connectivity index is 1.47. The Morgan fingerprint density at radius 2 is 1.44 bits per heavy atom. The summed E-state index contributed by atoms with van der Waals surface area (Å²) in [5.74, 6) is 2.57. The molecule has 2 N–H and O–H groups in total. The molecule has 2 aliphatic heterocycles. The average molecular weight is 383 g/mol. The fourth-order valence-corrected chi connectivity index (χ4v) is 3.78. The van der Waals surface area contributed by atoms with Gasteiger partial charge in [-0.3, -0.25) is 0 Å². The van der Waals surface area contributed by atoms with Crippen molar-refractivity contribution in [1.29, 1.82) is 0 Å². The summed E-state index contributed by atoms with van der Waals surface area (Å²) in [4.78, 5) is 14.1. The van der Waals surface area contributed by atoms with Gasteiger partial charge in [-0.25, -0.2) is 0 Å². The van der Waals surface area contributed by atoms with Crippen LogP contribution in [0.2, 0.25) is 0 Å². The van der Waals surface area contributed by atoms with Gasteiger partial charge in [0, 0.05) is 38.8 Å². The molecule has 2 saturated heterocycles. The van der Waals surface area contributed by atoms with Gasteiger partial charge in [0.15, 0.2) is 5.11 Å². The molecular weight excluding hydrogens is 356 g/mol. The van der Waals surface area contributed by atoms with Gasteiger partial charge in [0.1, 0.15) is 11.6 Å². The average Bonchev–Trinajstić information content (AvgIpc) is 3.41. The van der Waals surface area contributed by atoms with E-state index in [0.29, 0.717) is 17.6 Å². The van der Waals surface area contributed by atoms with Crippen LogP contribution >= 0.6 is 12.2 Å². The highest BCUT2D eigenvalue weighted by atomic mass is 32.1. The number of rotatable bonds is 5. The molecule has 0 aliphatic carbocycles. The van der Waals surface area contributed by atoms with Crippen LogP contribution in [0, 0.1) is 0 Å². The maximum absolute atomic E-state index is 5.46. The van der Waals surface area contributed by atoms with E-state index >= 15 is 0 Å². The summed E-state index contributed by atoms with van der Waals surface area (Å²) in [7, 11) is 0. The van der Waals surface area contributed by atoms with Crippen LogP contribution < -0.4 is 20.4 Å². The summed E-state index contributed by atoms with van der Waals surface area (Å²) in [6.45, 7) is 4.93. The van der Waals surface area contributed by atoms with Crippen molar-refractivity contribution in [2.75, 3.05) is 41.3 Å². The zero-order valence-electron chi connectivity index (χ0n) is 15.5. The number of anilines is 3. The van der Waals surface area contributed by atoms with Crippen LogP contribution in [0.5, 0.6) is 0 Å². The Morgan fingerprint density at radius 3 is 2.00 bits per heavy atom. The van der Waals surface area contributed by atoms with Crippen molar-refractivity contribution in [3.63, 3.8) is 0 Å². The van der Waals surface area contributed by atoms with Crippen molar-refractivity contribution in [1.82, 2.24) is 15.3 Å². The quantitative estimate of drug-likeness (QED) is 0.771. The third-order valence-corrected chi connectivity index (χ3v) is 5.33. The molecule has 0 radical (unpaired) electrons. The lowest BCUT2D eigenvalue weighted by atomic mass is 10.2. The van der Waals surface area contributed by atoms with Crippen molar-refractivity contribution in [3.8, 4) is 0 Å². The Labute approximate surface area is 166 Å². The number of aromatic nitrogens is 2. The fourth-order valence-electron chi connectivity index (χ4n) is 3.62. The zero-order chi connectivity index (χ0) is 18.5. The third-order valence-electron chi connectivity index (χ3n) is 5.08. The molecule has 0 spiro atoms. The van der Waals surface area contributed by atoms with E-state index < -0.39 is 0 Å². The van der Waals surface area contributed by atoms with Gasteiger partial charge in [-0.2, -0.15) is 9.97 Å². The fraction of sp³-hybridized carbons (Fsp3) is 0.450. The topological polar surface area (TPSA) is 56.3 Å². The van der Waals surface area contributed by atoms with Crippen LogP contribution in [0.4, 0.5) is 17.6 Å². The molecule has 0 amide bonds. The molecule has 142 valence electrons. The minimum absolute atomic E-state index is 0.546. The van der Waals surface area contributed by atoms with E-state index in [9.17, 15) is 0 Å². The first-order valence-electron chi connectivity index (χ1n) is 9.76. The smallest absolute Gasteiger partial charge is 0.232 e. The first kappa shape index (κ1) is 18.0. The minimum atomic E-state index is 0.546. The number of nitrogens with one attached hydrogen (secondary N) is 2. The summed E-state index contributed by atoms with van der Waals surface area (Å²) in [5.41, 5.74) is 1.19. The minimum Gasteiger partial charge on any atom is -0.358 e. The summed E-state index contributed by atoms with van der Waals surface area (Å²) in [6.07, 6.45) is 4.90. The van der Waals surface area contributed by atoms with Crippen LogP contribution in [0.1, 0.15) is 31.2 Å². The first-order chi connectivity index (χ1) is 13.3. The number of thiocarbonyl (C=S) groups is 1. The first-order valence-corrected chi connectivity index (χ1v) is 10.2. The number of nitrogens with zero attached hydrogens (tertiary/aromatic N) is 4. The molecule has 2 fully saturated rings. The van der Waals surface area contributed by atoms with E-state index in [4.69, 9.17) is 22.2 Å². The molecular formula is C20H26N6S. The standard InChI is InChI=1S/C20H26N6S/c27-20(21-15-16-8-2-1-3-9-16)24-19-22-17(25-10-4-5-11-25)14-18(23-19)26-12-6-7-13-26/h1-3,8-9,14H,4-7,10-13,15H2,(H2,21,22,23,24,27). The molecule has 0 unspecified atom stereocenters. The molecule has 4 rings (SSSR count). The lowest BCUT2D eigenvalue weighted by Crippen LogP contribution is -2.30. The van der Waals surface area contributed by atoms with Gasteiger partial charge in [-0.05, 0) is 43.5 Å². The SMILES string of the molecule is S=C(NCc1ccccc1)Nc1nc(N2CCCC2)cc(N2CCCC2)n1. The van der Waals surface area contributed by atoms with E-state index in [1.165, 1.54) is 31.2 Å². The maximum Gasteiger partial charge on any atom is 0.232 e. The van der Waals surface area contributed by atoms with Crippen molar-refractivity contribution < 1.29 is 0 Å². The Bertz CT molecular complexity index is 735. The van der Waals surface area contributed by atoms with Crippen LogP contribution in [0.15, 0.2) is 36.4 Å². The second kappa shape index (κ2) is 8.52. The molecule has 6 nitrogen and oxygen atoms in total. The van der Waals surface area contributed by atoms with Crippen molar-refractivity contribution in [2.24, 2.45) is 0 Å². The predicted octanol–water partition coefficient (Wildman–Crippen LogP) is 3.16. The third kappa shape index (κ3) is 4.66. The molecule has 2 aromatic rings. The molecule has 0 atom stereocenters. The van der Waals surface area contributed by atoms with E-state index in [2.05, 4.69) is 38.6 Å². The molecule has 1 aromatic carbocycles. The summed E-state index contributed by atoms with van der Waals surface area (Å²) in [5, 5.41) is 6.97. The van der Waals surface area contributed by atoms with E-state index in [1.54, 1.807) is 0 Å². The molecule has 3 heterocycles. The summed E-state index contributed by atoms with van der Waals surface area (Å²) < 4.78 is 0. The van der Waals surface area contributed by atoms with Gasteiger partial charge in [0.2, 0.25) is 5.95 Å². The van der Waals surface area contributed by atoms with E-state index in [0.717, 1.165) is 37.8 Å². The monoisotopic (exact) mass is 382 g/mol. The Kier molecular flexibility index (Phi) is 5.67. The lowest BCUT2D eigenvalue weighted by molar-refractivity contribution is 0.894. The predicted molar refractivity (Wildman–Crippen MR) is 114 cm³/mol. The normalized spacial score (nSPS) is 16.6. The van der Waals surface area contributed by atoms with Gasteiger partial charge in [-0.15, -0.1) is 0 Å². The molecule has 7 heteroatoms. The van der Waals surface area contributed by atoms with Crippen LogP contribution in [0.3, 0.4) is 0 Å². The highest BCUT2D eigenvalue weighted by molar-refractivity contribution is 7.80. The van der Waals surface area contributed by atoms with Crippen LogP contribution in [-0.4, -0.2) is 41.3 Å². The van der Waals surface area contributed by atoms with Gasteiger partial charge in [-0.1, -0.05) is 30.3 Å². The molecule has 2 aliphatic rings. The van der Waals surface area contributed by atoms with Crippen LogP contribution in [-0.2, 0) is 6.54 Å². The summed E-state index contributed by atoms with van der Waals surface area (Å²) >= 11 is 5.46. The van der Waals surface area contributed by atoms with Crippen LogP contribution in [0.25, 0.3) is 0 Å². The van der Waals surface area contributed by atoms with Gasteiger partial charge in [0.05, 0.1) is 0 Å². The van der Waals surface area contributed by atoms with Gasteiger partial charge in [0.25, 0.3) is 0 Å². The van der Waals surface area contributed by atoms with Crippen molar-refractivity contribution in [3.05, 3.63) is 42.0 Å². The summed E-state index contributed by atoms with van der Waals surface area (Å²) in [6, 6.07) is 12.3.